The molecule has 0 saturated carbocycles. The number of benzene rings is 1. The summed E-state index contributed by atoms with van der Waals surface area (Å²) in [4.78, 5) is 9.11. The van der Waals surface area contributed by atoms with E-state index < -0.39 is 0 Å². The fraction of sp³-hybridized carbons (Fsp3) is 0.412. The fourth-order valence-electron chi connectivity index (χ4n) is 2.15. The molecule has 1 heterocycles. The van der Waals surface area contributed by atoms with Gasteiger partial charge in [-0.3, -0.25) is 0 Å². The van der Waals surface area contributed by atoms with Crippen LogP contribution < -0.4 is 10.6 Å². The van der Waals surface area contributed by atoms with Crippen molar-refractivity contribution < 1.29 is 0 Å². The highest BCUT2D eigenvalue weighted by Crippen LogP contribution is 2.08. The minimum absolute atomic E-state index is 0.687. The van der Waals surface area contributed by atoms with Crippen LogP contribution in [-0.4, -0.2) is 24.0 Å². The second kappa shape index (κ2) is 8.54. The van der Waals surface area contributed by atoms with Crippen molar-refractivity contribution in [2.24, 2.45) is 4.99 Å². The van der Waals surface area contributed by atoms with Gasteiger partial charge in [0, 0.05) is 24.9 Å². The van der Waals surface area contributed by atoms with Crippen molar-refractivity contribution in [3.8, 4) is 0 Å². The van der Waals surface area contributed by atoms with E-state index in [9.17, 15) is 0 Å². The van der Waals surface area contributed by atoms with Crippen LogP contribution in [0.3, 0.4) is 0 Å². The third-order valence-electron chi connectivity index (χ3n) is 3.19. The zero-order chi connectivity index (χ0) is 15.8. The van der Waals surface area contributed by atoms with Gasteiger partial charge in [0.1, 0.15) is 0 Å². The highest BCUT2D eigenvalue weighted by molar-refractivity contribution is 7.09. The molecule has 22 heavy (non-hydrogen) atoms. The van der Waals surface area contributed by atoms with Gasteiger partial charge in [-0.1, -0.05) is 29.8 Å². The number of rotatable bonds is 6. The molecule has 0 aliphatic carbocycles. The van der Waals surface area contributed by atoms with E-state index in [-0.39, 0.29) is 0 Å². The maximum atomic E-state index is 4.64. The van der Waals surface area contributed by atoms with Gasteiger partial charge in [-0.15, -0.1) is 11.3 Å². The molecule has 1 aromatic carbocycles. The van der Waals surface area contributed by atoms with Gasteiger partial charge in [0.2, 0.25) is 0 Å². The Balaban J connectivity index is 1.86. The molecule has 0 radical (unpaired) electrons. The lowest BCUT2D eigenvalue weighted by Gasteiger charge is -2.10. The molecule has 118 valence electrons. The first-order valence-corrected chi connectivity index (χ1v) is 8.54. The second-order valence-electron chi connectivity index (χ2n) is 5.22. The number of nitrogens with one attached hydrogen (secondary N) is 2. The summed E-state index contributed by atoms with van der Waals surface area (Å²) < 4.78 is 0. The van der Waals surface area contributed by atoms with E-state index in [2.05, 4.69) is 64.1 Å². The van der Waals surface area contributed by atoms with Gasteiger partial charge in [-0.05, 0) is 26.3 Å². The van der Waals surface area contributed by atoms with E-state index in [1.165, 1.54) is 11.1 Å². The van der Waals surface area contributed by atoms with E-state index in [1.54, 1.807) is 11.3 Å². The van der Waals surface area contributed by atoms with E-state index in [4.69, 9.17) is 0 Å². The van der Waals surface area contributed by atoms with Gasteiger partial charge < -0.3 is 10.6 Å². The number of aliphatic imine (C=N–C) groups is 1. The average molecular weight is 316 g/mol. The molecular formula is C17H24N4S. The third-order valence-corrected chi connectivity index (χ3v) is 4.01. The summed E-state index contributed by atoms with van der Waals surface area (Å²) in [5.74, 6) is 0.857. The molecule has 0 aliphatic rings. The Labute approximate surface area is 136 Å². The number of aryl methyl sites for hydroxylation is 2. The molecule has 0 spiro atoms. The van der Waals surface area contributed by atoms with Crippen molar-refractivity contribution in [2.45, 2.75) is 33.7 Å². The Kier molecular flexibility index (Phi) is 6.40. The topological polar surface area (TPSA) is 49.3 Å². The summed E-state index contributed by atoms with van der Waals surface area (Å²) in [5, 5.41) is 9.89. The minimum atomic E-state index is 0.687. The number of nitrogens with zero attached hydrogens (tertiary/aromatic N) is 2. The zero-order valence-electron chi connectivity index (χ0n) is 13.5. The van der Waals surface area contributed by atoms with Gasteiger partial charge in [0.15, 0.2) is 5.96 Å². The summed E-state index contributed by atoms with van der Waals surface area (Å²) in [6.45, 7) is 8.60. The van der Waals surface area contributed by atoms with E-state index >= 15 is 0 Å². The molecule has 0 saturated heterocycles. The van der Waals surface area contributed by atoms with Crippen LogP contribution in [0.5, 0.6) is 0 Å². The maximum Gasteiger partial charge on any atom is 0.191 e. The van der Waals surface area contributed by atoms with Gasteiger partial charge >= 0.3 is 0 Å². The summed E-state index contributed by atoms with van der Waals surface area (Å²) in [7, 11) is 0. The van der Waals surface area contributed by atoms with Gasteiger partial charge in [0.25, 0.3) is 0 Å². The van der Waals surface area contributed by atoms with Crippen LogP contribution in [0, 0.1) is 13.8 Å². The number of aromatic nitrogens is 1. The van der Waals surface area contributed by atoms with Gasteiger partial charge in [0.05, 0.1) is 17.2 Å². The molecule has 4 nitrogen and oxygen atoms in total. The lowest BCUT2D eigenvalue weighted by Crippen LogP contribution is -2.38. The first-order chi connectivity index (χ1) is 10.7. The molecule has 0 amide bonds. The summed E-state index contributed by atoms with van der Waals surface area (Å²) >= 11 is 1.70. The fourth-order valence-corrected chi connectivity index (χ4v) is 2.80. The Morgan fingerprint density at radius 3 is 2.82 bits per heavy atom. The second-order valence-corrected chi connectivity index (χ2v) is 6.28. The van der Waals surface area contributed by atoms with Crippen molar-refractivity contribution >= 4 is 17.3 Å². The van der Waals surface area contributed by atoms with Gasteiger partial charge in [-0.2, -0.15) is 0 Å². The third kappa shape index (κ3) is 5.48. The van der Waals surface area contributed by atoms with Crippen LogP contribution in [0.1, 0.15) is 28.8 Å². The normalized spacial score (nSPS) is 11.5. The lowest BCUT2D eigenvalue weighted by atomic mass is 10.1. The average Bonchev–Trinajstić information content (AvgIpc) is 2.90. The molecule has 0 bridgehead atoms. The molecule has 2 aromatic rings. The predicted octanol–water partition coefficient (Wildman–Crippen LogP) is 3.06. The monoisotopic (exact) mass is 316 g/mol. The first-order valence-electron chi connectivity index (χ1n) is 7.66. The summed E-state index contributed by atoms with van der Waals surface area (Å²) in [6.07, 6.45) is 0.916. The Morgan fingerprint density at radius 2 is 2.14 bits per heavy atom. The number of hydrogen-bond acceptors (Lipinski definition) is 3. The van der Waals surface area contributed by atoms with Crippen LogP contribution in [0.2, 0.25) is 0 Å². The molecule has 0 unspecified atom stereocenters. The number of guanidine groups is 1. The molecular weight excluding hydrogens is 292 g/mol. The Bertz CT molecular complexity index is 619. The van der Waals surface area contributed by atoms with Crippen molar-refractivity contribution in [3.05, 3.63) is 51.5 Å². The molecule has 1 aromatic heterocycles. The first kappa shape index (κ1) is 16.5. The molecule has 2 N–H and O–H groups in total. The number of hydrogen-bond donors (Lipinski definition) is 2. The largest absolute Gasteiger partial charge is 0.357 e. The van der Waals surface area contributed by atoms with Gasteiger partial charge in [-0.25, -0.2) is 9.98 Å². The van der Waals surface area contributed by atoms with Crippen LogP contribution in [-0.2, 0) is 13.0 Å². The van der Waals surface area contributed by atoms with Crippen LogP contribution >= 0.6 is 11.3 Å². The minimum Gasteiger partial charge on any atom is -0.357 e. The Hall–Kier alpha value is -1.88. The molecule has 0 fully saturated rings. The standard InChI is InChI=1S/C17H24N4S/c1-4-18-17(19-9-8-16-12-22-14(3)21-16)20-11-15-7-5-6-13(2)10-15/h5-7,10,12H,4,8-9,11H2,1-3H3,(H2,18,19,20). The highest BCUT2D eigenvalue weighted by atomic mass is 32.1. The van der Waals surface area contributed by atoms with Crippen LogP contribution in [0.25, 0.3) is 0 Å². The van der Waals surface area contributed by atoms with E-state index in [0.29, 0.717) is 6.54 Å². The predicted molar refractivity (Wildman–Crippen MR) is 94.6 cm³/mol. The maximum absolute atomic E-state index is 4.64. The molecule has 2 rings (SSSR count). The summed E-state index contributed by atoms with van der Waals surface area (Å²) in [5.41, 5.74) is 3.64. The van der Waals surface area contributed by atoms with Crippen LogP contribution in [0.4, 0.5) is 0 Å². The van der Waals surface area contributed by atoms with Crippen molar-refractivity contribution in [2.75, 3.05) is 13.1 Å². The summed E-state index contributed by atoms with van der Waals surface area (Å²) in [6, 6.07) is 8.46. The number of thiazole rings is 1. The lowest BCUT2D eigenvalue weighted by molar-refractivity contribution is 0.790. The highest BCUT2D eigenvalue weighted by Gasteiger charge is 2.01. The van der Waals surface area contributed by atoms with Crippen LogP contribution in [0.15, 0.2) is 34.6 Å². The van der Waals surface area contributed by atoms with Crippen molar-refractivity contribution in [3.63, 3.8) is 0 Å². The zero-order valence-corrected chi connectivity index (χ0v) is 14.3. The molecule has 0 aliphatic heterocycles. The molecule has 5 heteroatoms. The van der Waals surface area contributed by atoms with E-state index in [1.807, 2.05) is 6.92 Å². The smallest absolute Gasteiger partial charge is 0.191 e. The van der Waals surface area contributed by atoms with E-state index in [0.717, 1.165) is 36.2 Å². The van der Waals surface area contributed by atoms with Crippen molar-refractivity contribution in [1.82, 2.24) is 15.6 Å². The Morgan fingerprint density at radius 1 is 1.27 bits per heavy atom. The quantitative estimate of drug-likeness (QED) is 0.636. The van der Waals surface area contributed by atoms with Crippen molar-refractivity contribution in [1.29, 1.82) is 0 Å². The molecule has 0 atom stereocenters. The SMILES string of the molecule is CCNC(=NCc1cccc(C)c1)NCCc1csc(C)n1.